The molecule has 1 saturated carbocycles. The minimum atomic E-state index is -0.334. The highest BCUT2D eigenvalue weighted by atomic mass is 16.1. The van der Waals surface area contributed by atoms with E-state index in [0.29, 0.717) is 6.42 Å². The van der Waals surface area contributed by atoms with Gasteiger partial charge in [-0.05, 0) is 18.3 Å². The van der Waals surface area contributed by atoms with Gasteiger partial charge in [-0.3, -0.25) is 4.79 Å². The van der Waals surface area contributed by atoms with E-state index in [1.165, 1.54) is 0 Å². The summed E-state index contributed by atoms with van der Waals surface area (Å²) in [6.07, 6.45) is 2.26. The molecule has 0 radical (unpaired) electrons. The smallest absolute Gasteiger partial charge is 0.150 e. The van der Waals surface area contributed by atoms with Crippen LogP contribution < -0.4 is 0 Å². The number of nitrogens with zero attached hydrogens (tertiary/aromatic N) is 1. The maximum Gasteiger partial charge on any atom is 0.150 e. The zero-order valence-electron chi connectivity index (χ0n) is 7.05. The fraction of sp³-hybridized carbons (Fsp3) is 0.778. The third kappa shape index (κ3) is 1.80. The van der Waals surface area contributed by atoms with E-state index in [1.54, 1.807) is 0 Å². The fourth-order valence-electron chi connectivity index (χ4n) is 1.52. The third-order valence-corrected chi connectivity index (χ3v) is 2.35. The van der Waals surface area contributed by atoms with E-state index in [1.807, 2.05) is 0 Å². The molecule has 0 aromatic rings. The van der Waals surface area contributed by atoms with E-state index in [0.717, 1.165) is 12.8 Å². The van der Waals surface area contributed by atoms with Gasteiger partial charge < -0.3 is 0 Å². The summed E-state index contributed by atoms with van der Waals surface area (Å²) in [6.45, 7) is 4.23. The van der Waals surface area contributed by atoms with Crippen molar-refractivity contribution in [2.75, 3.05) is 0 Å². The summed E-state index contributed by atoms with van der Waals surface area (Å²) in [6, 6.07) is 2.06. The minimum Gasteiger partial charge on any atom is -0.298 e. The zero-order chi connectivity index (χ0) is 8.48. The van der Waals surface area contributed by atoms with Crippen molar-refractivity contribution in [2.45, 2.75) is 33.1 Å². The maximum absolute atomic E-state index is 11.1. The van der Waals surface area contributed by atoms with Gasteiger partial charge in [-0.2, -0.15) is 5.26 Å². The van der Waals surface area contributed by atoms with Crippen molar-refractivity contribution >= 4 is 5.78 Å². The average molecular weight is 151 g/mol. The Kier molecular flexibility index (Phi) is 1.99. The molecule has 0 saturated heterocycles. The van der Waals surface area contributed by atoms with E-state index in [-0.39, 0.29) is 17.1 Å². The van der Waals surface area contributed by atoms with Crippen molar-refractivity contribution in [3.05, 3.63) is 0 Å². The number of rotatable bonds is 0. The summed E-state index contributed by atoms with van der Waals surface area (Å²) < 4.78 is 0. The Hall–Kier alpha value is -0.840. The van der Waals surface area contributed by atoms with Crippen LogP contribution in [-0.2, 0) is 4.79 Å². The Labute approximate surface area is 67.2 Å². The highest BCUT2D eigenvalue weighted by Gasteiger charge is 2.33. The lowest BCUT2D eigenvalue weighted by Gasteiger charge is -2.30. The summed E-state index contributed by atoms with van der Waals surface area (Å²) in [7, 11) is 0. The number of hydrogen-bond donors (Lipinski definition) is 0. The molecular formula is C9H13NO. The molecule has 1 unspecified atom stereocenters. The largest absolute Gasteiger partial charge is 0.298 e. The van der Waals surface area contributed by atoms with Crippen LogP contribution in [0.25, 0.3) is 0 Å². The average Bonchev–Trinajstić information content (AvgIpc) is 1.94. The fourth-order valence-corrected chi connectivity index (χ4v) is 1.52. The Balaban J connectivity index is 2.68. The van der Waals surface area contributed by atoms with Crippen LogP contribution in [0.5, 0.6) is 0 Å². The predicted molar refractivity (Wildman–Crippen MR) is 41.7 cm³/mol. The first-order valence-corrected chi connectivity index (χ1v) is 3.97. The first-order valence-electron chi connectivity index (χ1n) is 3.97. The van der Waals surface area contributed by atoms with E-state index < -0.39 is 0 Å². The van der Waals surface area contributed by atoms with Crippen LogP contribution in [0.4, 0.5) is 0 Å². The van der Waals surface area contributed by atoms with Crippen molar-refractivity contribution in [2.24, 2.45) is 11.3 Å². The monoisotopic (exact) mass is 151 g/mol. The van der Waals surface area contributed by atoms with E-state index >= 15 is 0 Å². The van der Waals surface area contributed by atoms with Crippen LogP contribution >= 0.6 is 0 Å². The van der Waals surface area contributed by atoms with E-state index in [9.17, 15) is 4.79 Å². The highest BCUT2D eigenvalue weighted by molar-refractivity contribution is 5.84. The molecule has 0 heterocycles. The SMILES string of the molecule is CC1(C)CCC(=O)C(C#N)C1. The van der Waals surface area contributed by atoms with Crippen molar-refractivity contribution in [1.29, 1.82) is 5.26 Å². The second-order valence-corrected chi connectivity index (χ2v) is 4.02. The Morgan fingerprint density at radius 2 is 2.27 bits per heavy atom. The van der Waals surface area contributed by atoms with Gasteiger partial charge in [-0.15, -0.1) is 0 Å². The van der Waals surface area contributed by atoms with Crippen LogP contribution in [0.2, 0.25) is 0 Å². The molecule has 0 aliphatic heterocycles. The van der Waals surface area contributed by atoms with Gasteiger partial charge in [0.1, 0.15) is 11.7 Å². The summed E-state index contributed by atoms with van der Waals surface area (Å²) in [5.41, 5.74) is 0.189. The highest BCUT2D eigenvalue weighted by Crippen LogP contribution is 2.36. The van der Waals surface area contributed by atoms with Crippen LogP contribution in [0, 0.1) is 22.7 Å². The van der Waals surface area contributed by atoms with Crippen molar-refractivity contribution in [1.82, 2.24) is 0 Å². The number of hydrogen-bond acceptors (Lipinski definition) is 2. The number of Topliss-reactive ketones (excluding diaryl/α,β-unsaturated/α-hetero) is 1. The van der Waals surface area contributed by atoms with Crippen LogP contribution in [0.3, 0.4) is 0 Å². The number of carbonyl (C=O) groups is 1. The Morgan fingerprint density at radius 1 is 1.64 bits per heavy atom. The predicted octanol–water partition coefficient (Wildman–Crippen LogP) is 1.91. The maximum atomic E-state index is 11.1. The van der Waals surface area contributed by atoms with Gasteiger partial charge in [0.15, 0.2) is 0 Å². The van der Waals surface area contributed by atoms with Gasteiger partial charge in [0.05, 0.1) is 6.07 Å². The van der Waals surface area contributed by atoms with Crippen molar-refractivity contribution in [3.8, 4) is 6.07 Å². The zero-order valence-corrected chi connectivity index (χ0v) is 7.05. The second kappa shape index (κ2) is 2.65. The molecule has 0 amide bonds. The molecular weight excluding hydrogens is 138 g/mol. The Bertz CT molecular complexity index is 212. The molecule has 1 rings (SSSR count). The number of ketones is 1. The molecule has 0 spiro atoms. The van der Waals surface area contributed by atoms with Gasteiger partial charge in [-0.25, -0.2) is 0 Å². The lowest BCUT2D eigenvalue weighted by atomic mass is 9.72. The summed E-state index contributed by atoms with van der Waals surface area (Å²) in [5.74, 6) is -0.203. The molecule has 0 bridgehead atoms. The van der Waals surface area contributed by atoms with E-state index in [4.69, 9.17) is 5.26 Å². The molecule has 60 valence electrons. The van der Waals surface area contributed by atoms with Gasteiger partial charge in [-0.1, -0.05) is 13.8 Å². The Morgan fingerprint density at radius 3 is 2.73 bits per heavy atom. The van der Waals surface area contributed by atoms with Gasteiger partial charge >= 0.3 is 0 Å². The lowest BCUT2D eigenvalue weighted by Crippen LogP contribution is -2.28. The van der Waals surface area contributed by atoms with Crippen LogP contribution in [0.15, 0.2) is 0 Å². The normalized spacial score (nSPS) is 29.5. The van der Waals surface area contributed by atoms with Crippen molar-refractivity contribution < 1.29 is 4.79 Å². The molecule has 0 aromatic carbocycles. The molecule has 1 aliphatic carbocycles. The molecule has 11 heavy (non-hydrogen) atoms. The second-order valence-electron chi connectivity index (χ2n) is 4.02. The number of carbonyl (C=O) groups excluding carboxylic acids is 1. The molecule has 0 N–H and O–H groups in total. The van der Waals surface area contributed by atoms with Crippen molar-refractivity contribution in [3.63, 3.8) is 0 Å². The third-order valence-electron chi connectivity index (χ3n) is 2.35. The standard InChI is InChI=1S/C9H13NO/c1-9(2)4-3-8(11)7(5-9)6-10/h7H,3-5H2,1-2H3. The molecule has 1 fully saturated rings. The quantitative estimate of drug-likeness (QED) is 0.530. The molecule has 2 heteroatoms. The molecule has 0 aromatic heterocycles. The molecule has 1 aliphatic rings. The topological polar surface area (TPSA) is 40.9 Å². The number of nitriles is 1. The van der Waals surface area contributed by atoms with Gasteiger partial charge in [0, 0.05) is 6.42 Å². The summed E-state index contributed by atoms with van der Waals surface area (Å²) >= 11 is 0. The van der Waals surface area contributed by atoms with E-state index in [2.05, 4.69) is 19.9 Å². The summed E-state index contributed by atoms with van der Waals surface area (Å²) in [5, 5.41) is 8.62. The first-order chi connectivity index (χ1) is 5.05. The summed E-state index contributed by atoms with van der Waals surface area (Å²) in [4.78, 5) is 11.1. The minimum absolute atomic E-state index is 0.131. The van der Waals surface area contributed by atoms with Crippen LogP contribution in [0.1, 0.15) is 33.1 Å². The lowest BCUT2D eigenvalue weighted by molar-refractivity contribution is -0.124. The molecule has 2 nitrogen and oxygen atoms in total. The molecule has 1 atom stereocenters. The van der Waals surface area contributed by atoms with Gasteiger partial charge in [0.2, 0.25) is 0 Å². The first kappa shape index (κ1) is 8.26. The van der Waals surface area contributed by atoms with Crippen LogP contribution in [-0.4, -0.2) is 5.78 Å². The van der Waals surface area contributed by atoms with Gasteiger partial charge in [0.25, 0.3) is 0 Å².